The van der Waals surface area contributed by atoms with Crippen LogP contribution in [0.4, 0.5) is 5.82 Å². The van der Waals surface area contributed by atoms with Crippen LogP contribution in [0.2, 0.25) is 0 Å². The van der Waals surface area contributed by atoms with E-state index in [1.165, 1.54) is 11.1 Å². The molecule has 23 heavy (non-hydrogen) atoms. The van der Waals surface area contributed by atoms with Crippen LogP contribution < -0.4 is 5.32 Å². The van der Waals surface area contributed by atoms with E-state index in [2.05, 4.69) is 69.3 Å². The van der Waals surface area contributed by atoms with E-state index >= 15 is 0 Å². The summed E-state index contributed by atoms with van der Waals surface area (Å²) in [7, 11) is 0. The third kappa shape index (κ3) is 2.90. The number of aromatic nitrogens is 2. The molecular weight excluding hydrogens is 286 g/mol. The van der Waals surface area contributed by atoms with Crippen LogP contribution in [-0.4, -0.2) is 15.7 Å². The van der Waals surface area contributed by atoms with Crippen molar-refractivity contribution in [2.45, 2.75) is 58.4 Å². The van der Waals surface area contributed by atoms with Crippen molar-refractivity contribution in [3.8, 4) is 0 Å². The number of carbonyl (C=O) groups excluding carboxylic acids is 1. The topological polar surface area (TPSA) is 46.9 Å². The smallest absolute Gasteiger partial charge is 0.226 e. The zero-order valence-electron chi connectivity index (χ0n) is 14.6. The number of fused-ring (bicyclic) bond motifs is 1. The molecule has 2 aromatic rings. The molecule has 0 radical (unpaired) electrons. The second-order valence-electron chi connectivity index (χ2n) is 7.66. The first kappa shape index (κ1) is 15.8. The highest BCUT2D eigenvalue weighted by molar-refractivity contribution is 5.94. The summed E-state index contributed by atoms with van der Waals surface area (Å²) in [6, 6.07) is 8.63. The summed E-state index contributed by atoms with van der Waals surface area (Å²) >= 11 is 0. The SMILES string of the molecule is CC(C)c1ccc([C@@H]2CC(=O)Nc3c2cnn3C(C)(C)C)cc1. The zero-order chi connectivity index (χ0) is 16.8. The summed E-state index contributed by atoms with van der Waals surface area (Å²) in [6.07, 6.45) is 2.38. The minimum absolute atomic E-state index is 0.0569. The maximum atomic E-state index is 12.2. The van der Waals surface area contributed by atoms with Crippen molar-refractivity contribution < 1.29 is 4.79 Å². The summed E-state index contributed by atoms with van der Waals surface area (Å²) in [6.45, 7) is 10.7. The lowest BCUT2D eigenvalue weighted by atomic mass is 9.86. The Hall–Kier alpha value is -2.10. The predicted molar refractivity (Wildman–Crippen MR) is 92.8 cm³/mol. The van der Waals surface area contributed by atoms with Crippen molar-refractivity contribution in [1.29, 1.82) is 0 Å². The number of benzene rings is 1. The van der Waals surface area contributed by atoms with Crippen LogP contribution in [0, 0.1) is 0 Å². The standard InChI is InChI=1S/C19H25N3O/c1-12(2)13-6-8-14(9-7-13)15-10-17(23)21-18-16(15)11-20-22(18)19(3,4)5/h6-9,11-12,15H,10H2,1-5H3,(H,21,23)/t15-/m0/s1. The lowest BCUT2D eigenvalue weighted by Gasteiger charge is -2.28. The Labute approximate surface area is 137 Å². The average molecular weight is 311 g/mol. The first-order chi connectivity index (χ1) is 10.8. The summed E-state index contributed by atoms with van der Waals surface area (Å²) in [5.74, 6) is 1.49. The molecule has 1 aromatic heterocycles. The van der Waals surface area contributed by atoms with Gasteiger partial charge in [0.2, 0.25) is 5.91 Å². The number of hydrogen-bond donors (Lipinski definition) is 1. The van der Waals surface area contributed by atoms with Crippen molar-refractivity contribution in [2.75, 3.05) is 5.32 Å². The Balaban J connectivity index is 2.02. The number of anilines is 1. The zero-order valence-corrected chi connectivity index (χ0v) is 14.6. The molecule has 0 spiro atoms. The summed E-state index contributed by atoms with van der Waals surface area (Å²) < 4.78 is 1.91. The van der Waals surface area contributed by atoms with E-state index in [9.17, 15) is 4.79 Å². The molecule has 1 aliphatic rings. The summed E-state index contributed by atoms with van der Waals surface area (Å²) in [5, 5.41) is 7.53. The van der Waals surface area contributed by atoms with E-state index in [-0.39, 0.29) is 17.4 Å². The van der Waals surface area contributed by atoms with Crippen LogP contribution in [0.3, 0.4) is 0 Å². The van der Waals surface area contributed by atoms with Gasteiger partial charge in [0.1, 0.15) is 5.82 Å². The van der Waals surface area contributed by atoms with Crippen LogP contribution >= 0.6 is 0 Å². The molecule has 1 amide bonds. The monoisotopic (exact) mass is 311 g/mol. The first-order valence-corrected chi connectivity index (χ1v) is 8.25. The second kappa shape index (κ2) is 5.52. The van der Waals surface area contributed by atoms with Crippen molar-refractivity contribution in [2.24, 2.45) is 0 Å². The molecule has 0 bridgehead atoms. The van der Waals surface area contributed by atoms with Gasteiger partial charge in [0, 0.05) is 17.9 Å². The van der Waals surface area contributed by atoms with Gasteiger partial charge in [-0.3, -0.25) is 4.79 Å². The fourth-order valence-electron chi connectivity index (χ4n) is 3.14. The van der Waals surface area contributed by atoms with Gasteiger partial charge in [-0.1, -0.05) is 38.1 Å². The van der Waals surface area contributed by atoms with E-state index in [0.29, 0.717) is 12.3 Å². The number of nitrogens with zero attached hydrogens (tertiary/aromatic N) is 2. The molecule has 0 unspecified atom stereocenters. The molecule has 0 aliphatic carbocycles. The maximum absolute atomic E-state index is 12.2. The number of nitrogens with one attached hydrogen (secondary N) is 1. The molecular formula is C19H25N3O. The van der Waals surface area contributed by atoms with Crippen LogP contribution in [0.25, 0.3) is 0 Å². The van der Waals surface area contributed by atoms with Gasteiger partial charge in [-0.25, -0.2) is 4.68 Å². The van der Waals surface area contributed by atoms with Gasteiger partial charge >= 0.3 is 0 Å². The summed E-state index contributed by atoms with van der Waals surface area (Å²) in [5.41, 5.74) is 3.44. The van der Waals surface area contributed by atoms with E-state index in [4.69, 9.17) is 0 Å². The minimum atomic E-state index is -0.162. The Bertz CT molecular complexity index is 720. The van der Waals surface area contributed by atoms with Crippen LogP contribution in [0.15, 0.2) is 30.5 Å². The van der Waals surface area contributed by atoms with Crippen molar-refractivity contribution in [1.82, 2.24) is 9.78 Å². The quantitative estimate of drug-likeness (QED) is 0.902. The number of carbonyl (C=O) groups is 1. The highest BCUT2D eigenvalue weighted by Gasteiger charge is 2.32. The highest BCUT2D eigenvalue weighted by Crippen LogP contribution is 2.39. The van der Waals surface area contributed by atoms with E-state index in [0.717, 1.165) is 11.4 Å². The summed E-state index contributed by atoms with van der Waals surface area (Å²) in [4.78, 5) is 12.2. The molecule has 4 nitrogen and oxygen atoms in total. The molecule has 0 saturated carbocycles. The molecule has 1 atom stereocenters. The van der Waals surface area contributed by atoms with Crippen LogP contribution in [-0.2, 0) is 10.3 Å². The van der Waals surface area contributed by atoms with Gasteiger partial charge in [0.25, 0.3) is 0 Å². The molecule has 0 saturated heterocycles. The fourth-order valence-corrected chi connectivity index (χ4v) is 3.14. The Morgan fingerprint density at radius 3 is 2.43 bits per heavy atom. The Morgan fingerprint density at radius 2 is 1.87 bits per heavy atom. The first-order valence-electron chi connectivity index (χ1n) is 8.25. The lowest BCUT2D eigenvalue weighted by Crippen LogP contribution is -2.30. The predicted octanol–water partition coefficient (Wildman–Crippen LogP) is 4.24. The largest absolute Gasteiger partial charge is 0.311 e. The number of amides is 1. The maximum Gasteiger partial charge on any atom is 0.226 e. The molecule has 1 aromatic carbocycles. The van der Waals surface area contributed by atoms with Gasteiger partial charge in [-0.05, 0) is 37.8 Å². The third-order valence-electron chi connectivity index (χ3n) is 4.46. The van der Waals surface area contributed by atoms with Crippen molar-refractivity contribution in [3.63, 3.8) is 0 Å². The highest BCUT2D eigenvalue weighted by atomic mass is 16.1. The van der Waals surface area contributed by atoms with E-state index in [1.54, 1.807) is 0 Å². The normalized spacial score (nSPS) is 18.0. The van der Waals surface area contributed by atoms with Gasteiger partial charge in [-0.15, -0.1) is 0 Å². The Kier molecular flexibility index (Phi) is 3.78. The van der Waals surface area contributed by atoms with Crippen molar-refractivity contribution in [3.05, 3.63) is 47.2 Å². The fraction of sp³-hybridized carbons (Fsp3) is 0.474. The van der Waals surface area contributed by atoms with E-state index < -0.39 is 0 Å². The lowest BCUT2D eigenvalue weighted by molar-refractivity contribution is -0.116. The third-order valence-corrected chi connectivity index (χ3v) is 4.46. The molecule has 1 N–H and O–H groups in total. The van der Waals surface area contributed by atoms with Gasteiger partial charge in [0.15, 0.2) is 0 Å². The number of hydrogen-bond acceptors (Lipinski definition) is 2. The van der Waals surface area contributed by atoms with Crippen LogP contribution in [0.1, 0.15) is 69.6 Å². The molecule has 0 fully saturated rings. The molecule has 1 aliphatic heterocycles. The van der Waals surface area contributed by atoms with Crippen molar-refractivity contribution >= 4 is 11.7 Å². The molecule has 4 heteroatoms. The van der Waals surface area contributed by atoms with Gasteiger partial charge < -0.3 is 5.32 Å². The Morgan fingerprint density at radius 1 is 1.22 bits per heavy atom. The van der Waals surface area contributed by atoms with Gasteiger partial charge in [0.05, 0.1) is 11.7 Å². The minimum Gasteiger partial charge on any atom is -0.311 e. The van der Waals surface area contributed by atoms with Gasteiger partial charge in [-0.2, -0.15) is 5.10 Å². The van der Waals surface area contributed by atoms with E-state index in [1.807, 2.05) is 10.9 Å². The average Bonchev–Trinajstić information content (AvgIpc) is 2.90. The molecule has 122 valence electrons. The number of rotatable bonds is 2. The molecule has 3 rings (SSSR count). The molecule has 2 heterocycles. The second-order valence-corrected chi connectivity index (χ2v) is 7.66. The van der Waals surface area contributed by atoms with Crippen LogP contribution in [0.5, 0.6) is 0 Å².